The molecule has 0 spiro atoms. The number of nitriles is 1. The van der Waals surface area contributed by atoms with E-state index in [9.17, 15) is 14.9 Å². The molecule has 0 aliphatic carbocycles. The molecular formula is C28H40N2O4Si. The Labute approximate surface area is 211 Å². The van der Waals surface area contributed by atoms with Crippen molar-refractivity contribution in [2.24, 2.45) is 0 Å². The third-order valence-electron chi connectivity index (χ3n) is 6.25. The van der Waals surface area contributed by atoms with Crippen LogP contribution in [0.1, 0.15) is 58.6 Å². The van der Waals surface area contributed by atoms with Crippen molar-refractivity contribution in [2.75, 3.05) is 13.2 Å². The molecule has 0 atom stereocenters. The lowest BCUT2D eigenvalue weighted by Crippen LogP contribution is -2.39. The van der Waals surface area contributed by atoms with Gasteiger partial charge in [0.05, 0.1) is 11.6 Å². The molecule has 0 aliphatic heterocycles. The number of carbonyl (C=O) groups is 1. The highest BCUT2D eigenvalue weighted by Gasteiger charge is 2.37. The molecule has 0 radical (unpaired) electrons. The van der Waals surface area contributed by atoms with Gasteiger partial charge in [0, 0.05) is 12.1 Å². The van der Waals surface area contributed by atoms with Crippen molar-refractivity contribution in [3.05, 3.63) is 53.6 Å². The Morgan fingerprint density at radius 1 is 1.11 bits per heavy atom. The molecule has 2 N–H and O–H groups in total. The zero-order valence-electron chi connectivity index (χ0n) is 22.2. The third-order valence-corrected chi connectivity index (χ3v) is 9.82. The molecule has 6 nitrogen and oxygen atoms in total. The van der Waals surface area contributed by atoms with Gasteiger partial charge in [0.1, 0.15) is 11.4 Å². The minimum absolute atomic E-state index is 0.0270. The minimum atomic E-state index is -2.20. The fourth-order valence-corrected chi connectivity index (χ4v) is 4.29. The number of nitrogens with zero attached hydrogens (tertiary/aromatic N) is 1. The van der Waals surface area contributed by atoms with Crippen molar-refractivity contribution in [3.63, 3.8) is 0 Å². The topological polar surface area (TPSA) is 91.6 Å². The van der Waals surface area contributed by atoms with Crippen LogP contribution in [0.3, 0.4) is 0 Å². The molecule has 0 saturated carbocycles. The molecule has 2 aromatic carbocycles. The zero-order valence-corrected chi connectivity index (χ0v) is 23.2. The second-order valence-electron chi connectivity index (χ2n) is 11.1. The molecular weight excluding hydrogens is 456 g/mol. The van der Waals surface area contributed by atoms with E-state index in [2.05, 4.69) is 25.2 Å². The summed E-state index contributed by atoms with van der Waals surface area (Å²) in [7, 11) is -2.20. The quantitative estimate of drug-likeness (QED) is 0.232. The lowest BCUT2D eigenvalue weighted by molar-refractivity contribution is -0.157. The van der Waals surface area contributed by atoms with E-state index in [4.69, 9.17) is 9.47 Å². The van der Waals surface area contributed by atoms with Crippen LogP contribution in [0.25, 0.3) is 11.1 Å². The number of benzene rings is 2. The monoisotopic (exact) mass is 496 g/mol. The summed E-state index contributed by atoms with van der Waals surface area (Å²) in [6.07, 6.45) is 1.96. The third kappa shape index (κ3) is 9.13. The van der Waals surface area contributed by atoms with Gasteiger partial charge in [0.25, 0.3) is 0 Å². The van der Waals surface area contributed by atoms with Crippen molar-refractivity contribution in [2.45, 2.75) is 77.7 Å². The second-order valence-corrected chi connectivity index (χ2v) is 15.6. The zero-order chi connectivity index (χ0) is 26.3. The maximum absolute atomic E-state index is 12.2. The number of hydrogen-bond donors (Lipinski definition) is 2. The van der Waals surface area contributed by atoms with E-state index in [1.807, 2.05) is 70.3 Å². The Morgan fingerprint density at radius 3 is 2.46 bits per heavy atom. The first-order chi connectivity index (χ1) is 16.2. The number of nitrogens with one attached hydrogen (secondary N) is 1. The van der Waals surface area contributed by atoms with Crippen LogP contribution in [-0.2, 0) is 16.1 Å². The van der Waals surface area contributed by atoms with Crippen LogP contribution in [0.15, 0.2) is 42.5 Å². The Balaban J connectivity index is 2.12. The number of ether oxygens (including phenoxy) is 2. The highest BCUT2D eigenvalue weighted by molar-refractivity contribution is 6.72. The van der Waals surface area contributed by atoms with Gasteiger partial charge in [0.2, 0.25) is 0 Å². The van der Waals surface area contributed by atoms with E-state index in [1.54, 1.807) is 6.07 Å². The summed E-state index contributed by atoms with van der Waals surface area (Å²) < 4.78 is 11.2. The van der Waals surface area contributed by atoms with E-state index in [0.29, 0.717) is 17.9 Å². The van der Waals surface area contributed by atoms with E-state index >= 15 is 0 Å². The second kappa shape index (κ2) is 11.8. The average molecular weight is 497 g/mol. The van der Waals surface area contributed by atoms with Crippen molar-refractivity contribution < 1.29 is 19.1 Å². The molecule has 35 heavy (non-hydrogen) atoms. The van der Waals surface area contributed by atoms with Crippen LogP contribution in [0, 0.1) is 11.3 Å². The molecule has 2 aromatic rings. The molecule has 0 aliphatic rings. The van der Waals surface area contributed by atoms with Crippen LogP contribution in [0.4, 0.5) is 0 Å². The van der Waals surface area contributed by atoms with Crippen molar-refractivity contribution in [1.82, 2.24) is 5.32 Å². The van der Waals surface area contributed by atoms with Gasteiger partial charge in [0.15, 0.2) is 14.9 Å². The summed E-state index contributed by atoms with van der Waals surface area (Å²) in [5, 5.41) is 12.8. The van der Waals surface area contributed by atoms with Crippen LogP contribution in [-0.4, -0.2) is 37.8 Å². The predicted molar refractivity (Wildman–Crippen MR) is 143 cm³/mol. The van der Waals surface area contributed by atoms with Gasteiger partial charge < -0.3 is 19.6 Å². The maximum Gasteiger partial charge on any atom is 0.344 e. The molecule has 0 aromatic heterocycles. The van der Waals surface area contributed by atoms with E-state index in [0.717, 1.165) is 36.1 Å². The normalized spacial score (nSPS) is 12.2. The maximum atomic E-state index is 12.2. The number of carbonyl (C=O) groups excluding carboxylic acids is 1. The summed E-state index contributed by atoms with van der Waals surface area (Å²) in [5.41, 5.74) is 2.72. The average Bonchev–Trinajstić information content (AvgIpc) is 2.76. The Bertz CT molecular complexity index is 1050. The fourth-order valence-electron chi connectivity index (χ4n) is 3.50. The van der Waals surface area contributed by atoms with Crippen LogP contribution < -0.4 is 10.1 Å². The minimum Gasteiger partial charge on any atom is -0.481 e. The molecule has 0 amide bonds. The van der Waals surface area contributed by atoms with Gasteiger partial charge in [-0.05, 0) is 93.7 Å². The molecule has 0 fully saturated rings. The first-order valence-electron chi connectivity index (χ1n) is 12.1. The highest BCUT2D eigenvalue weighted by atomic mass is 28.4. The van der Waals surface area contributed by atoms with Crippen LogP contribution in [0.2, 0.25) is 18.1 Å². The SMILES string of the molecule is CC(C)(C)OC(=O)COc1ccc(CNCCCC(C)(C)[Si](C)(C)O)cc1-c1cccc(C#N)c1. The summed E-state index contributed by atoms with van der Waals surface area (Å²) in [4.78, 5) is 22.6. The number of hydrogen-bond acceptors (Lipinski definition) is 6. The molecule has 2 rings (SSSR count). The summed E-state index contributed by atoms with van der Waals surface area (Å²) in [6, 6.07) is 15.4. The first-order valence-corrected chi connectivity index (χ1v) is 15.1. The van der Waals surface area contributed by atoms with Crippen molar-refractivity contribution in [1.29, 1.82) is 5.26 Å². The summed E-state index contributed by atoms with van der Waals surface area (Å²) in [6.45, 7) is 15.1. The number of rotatable bonds is 11. The fraction of sp³-hybridized carbons (Fsp3) is 0.500. The van der Waals surface area contributed by atoms with Crippen molar-refractivity contribution in [3.8, 4) is 22.9 Å². The molecule has 0 unspecified atom stereocenters. The van der Waals surface area contributed by atoms with Gasteiger partial charge in [-0.25, -0.2) is 4.79 Å². The van der Waals surface area contributed by atoms with Gasteiger partial charge >= 0.3 is 5.97 Å². The summed E-state index contributed by atoms with van der Waals surface area (Å²) in [5.74, 6) is 0.128. The number of esters is 1. The predicted octanol–water partition coefficient (Wildman–Crippen LogP) is 5.79. The molecule has 0 saturated heterocycles. The Kier molecular flexibility index (Phi) is 9.67. The van der Waals surface area contributed by atoms with Gasteiger partial charge in [-0.3, -0.25) is 0 Å². The van der Waals surface area contributed by atoms with Gasteiger partial charge in [-0.2, -0.15) is 5.26 Å². The lowest BCUT2D eigenvalue weighted by Gasteiger charge is -2.35. The highest BCUT2D eigenvalue weighted by Crippen LogP contribution is 2.39. The van der Waals surface area contributed by atoms with Crippen LogP contribution >= 0.6 is 0 Å². The van der Waals surface area contributed by atoms with Crippen molar-refractivity contribution >= 4 is 14.3 Å². The Morgan fingerprint density at radius 2 is 1.83 bits per heavy atom. The van der Waals surface area contributed by atoms with Gasteiger partial charge in [-0.15, -0.1) is 0 Å². The molecule has 0 heterocycles. The van der Waals surface area contributed by atoms with E-state index in [-0.39, 0.29) is 11.6 Å². The summed E-state index contributed by atoms with van der Waals surface area (Å²) >= 11 is 0. The molecule has 190 valence electrons. The largest absolute Gasteiger partial charge is 0.481 e. The molecule has 0 bridgehead atoms. The Hall–Kier alpha value is -2.66. The first kappa shape index (κ1) is 28.6. The lowest BCUT2D eigenvalue weighted by atomic mass is 10.00. The van der Waals surface area contributed by atoms with E-state index < -0.39 is 19.9 Å². The smallest absolute Gasteiger partial charge is 0.344 e. The van der Waals surface area contributed by atoms with Gasteiger partial charge in [-0.1, -0.05) is 32.0 Å². The molecule has 7 heteroatoms. The van der Waals surface area contributed by atoms with E-state index in [1.165, 1.54) is 0 Å². The standard InChI is InChI=1S/C28H40N2O4Si/c1-27(2,3)34-26(31)20-33-25-13-12-22(17-24(25)23-11-8-10-21(16-23)18-29)19-30-15-9-14-28(4,5)35(6,7)32/h8,10-13,16-17,30,32H,9,14-15,19-20H2,1-7H3. The van der Waals surface area contributed by atoms with Crippen LogP contribution in [0.5, 0.6) is 5.75 Å².